The first kappa shape index (κ1) is 17.0. The molecule has 7 nitrogen and oxygen atoms in total. The third kappa shape index (κ3) is 4.37. The van der Waals surface area contributed by atoms with Gasteiger partial charge in [-0.1, -0.05) is 12.1 Å². The first-order chi connectivity index (χ1) is 12.1. The van der Waals surface area contributed by atoms with Crippen LogP contribution in [0.25, 0.3) is 5.69 Å². The summed E-state index contributed by atoms with van der Waals surface area (Å²) in [6.07, 6.45) is 7.89. The number of nitrogens with one attached hydrogen (secondary N) is 3. The molecule has 0 bridgehead atoms. The number of carbonyl (C=O) groups excluding carboxylic acids is 2. The van der Waals surface area contributed by atoms with Crippen LogP contribution in [0, 0.1) is 0 Å². The number of nitrogens with zero attached hydrogens (tertiary/aromatic N) is 2. The molecule has 3 N–H and O–H groups in total. The fourth-order valence-electron chi connectivity index (χ4n) is 2.90. The van der Waals surface area contributed by atoms with E-state index in [0.717, 1.165) is 24.1 Å². The lowest BCUT2D eigenvalue weighted by Gasteiger charge is -2.19. The summed E-state index contributed by atoms with van der Waals surface area (Å²) in [5, 5.41) is 8.47. The van der Waals surface area contributed by atoms with Gasteiger partial charge in [0.1, 0.15) is 6.04 Å². The van der Waals surface area contributed by atoms with Crippen molar-refractivity contribution in [1.82, 2.24) is 25.5 Å². The molecule has 0 aliphatic carbocycles. The number of urea groups is 1. The quantitative estimate of drug-likeness (QED) is 0.794. The molecule has 25 heavy (non-hydrogen) atoms. The molecule has 3 amide bonds. The maximum atomic E-state index is 12.2. The lowest BCUT2D eigenvalue weighted by Crippen LogP contribution is -2.49. The second kappa shape index (κ2) is 7.83. The summed E-state index contributed by atoms with van der Waals surface area (Å²) in [7, 11) is 0. The number of imidazole rings is 1. The van der Waals surface area contributed by atoms with Crippen molar-refractivity contribution in [2.24, 2.45) is 0 Å². The summed E-state index contributed by atoms with van der Waals surface area (Å²) < 4.78 is 1.92. The van der Waals surface area contributed by atoms with Gasteiger partial charge in [-0.05, 0) is 43.9 Å². The zero-order valence-electron chi connectivity index (χ0n) is 14.2. The number of benzene rings is 1. The molecule has 1 saturated heterocycles. The maximum Gasteiger partial charge on any atom is 0.315 e. The molecule has 3 rings (SSSR count). The van der Waals surface area contributed by atoms with Crippen LogP contribution in [-0.4, -0.2) is 34.1 Å². The highest BCUT2D eigenvalue weighted by Crippen LogP contribution is 2.15. The number of hydrogen-bond donors (Lipinski definition) is 3. The molecule has 1 aromatic carbocycles. The molecular weight excluding hydrogens is 318 g/mol. The largest absolute Gasteiger partial charge is 0.354 e. The van der Waals surface area contributed by atoms with Crippen LogP contribution >= 0.6 is 0 Å². The van der Waals surface area contributed by atoms with E-state index in [4.69, 9.17) is 0 Å². The van der Waals surface area contributed by atoms with E-state index >= 15 is 0 Å². The SMILES string of the molecule is C[C@H](NC(=O)N[C@@H]1CCCCNC1=O)c1ccc(-n2ccnc2)cc1. The Morgan fingerprint density at radius 2 is 2.12 bits per heavy atom. The van der Waals surface area contributed by atoms with Gasteiger partial charge in [0.15, 0.2) is 0 Å². The van der Waals surface area contributed by atoms with Gasteiger partial charge in [-0.3, -0.25) is 4.79 Å². The lowest BCUT2D eigenvalue weighted by molar-refractivity contribution is -0.122. The highest BCUT2D eigenvalue weighted by Gasteiger charge is 2.22. The lowest BCUT2D eigenvalue weighted by atomic mass is 10.1. The van der Waals surface area contributed by atoms with Crippen LogP contribution in [0.15, 0.2) is 43.0 Å². The van der Waals surface area contributed by atoms with Crippen molar-refractivity contribution in [3.05, 3.63) is 48.5 Å². The molecule has 0 radical (unpaired) electrons. The van der Waals surface area contributed by atoms with Crippen LogP contribution in [0.3, 0.4) is 0 Å². The minimum atomic E-state index is -0.460. The maximum absolute atomic E-state index is 12.2. The molecule has 2 atom stereocenters. The van der Waals surface area contributed by atoms with Crippen molar-refractivity contribution in [2.75, 3.05) is 6.54 Å². The Morgan fingerprint density at radius 3 is 2.84 bits per heavy atom. The molecule has 1 fully saturated rings. The molecule has 1 aromatic heterocycles. The van der Waals surface area contributed by atoms with E-state index in [1.54, 1.807) is 12.5 Å². The summed E-state index contributed by atoms with van der Waals surface area (Å²) in [5.41, 5.74) is 2.00. The van der Waals surface area contributed by atoms with Crippen LogP contribution in [0.4, 0.5) is 4.79 Å². The van der Waals surface area contributed by atoms with Gasteiger partial charge in [0.25, 0.3) is 0 Å². The average molecular weight is 341 g/mol. The summed E-state index contributed by atoms with van der Waals surface area (Å²) in [4.78, 5) is 28.1. The second-order valence-corrected chi connectivity index (χ2v) is 6.24. The molecule has 2 aromatic rings. The summed E-state index contributed by atoms with van der Waals surface area (Å²) >= 11 is 0. The first-order valence-corrected chi connectivity index (χ1v) is 8.56. The molecule has 0 unspecified atom stereocenters. The van der Waals surface area contributed by atoms with Crippen molar-refractivity contribution in [2.45, 2.75) is 38.3 Å². The molecule has 132 valence electrons. The normalized spacial score (nSPS) is 18.8. The predicted molar refractivity (Wildman–Crippen MR) is 94.3 cm³/mol. The molecule has 0 saturated carbocycles. The minimum absolute atomic E-state index is 0.106. The Balaban J connectivity index is 1.56. The van der Waals surface area contributed by atoms with Gasteiger partial charge < -0.3 is 20.5 Å². The van der Waals surface area contributed by atoms with E-state index < -0.39 is 6.04 Å². The number of amides is 3. The standard InChI is InChI=1S/C18H23N5O2/c1-13(14-5-7-15(8-6-14)23-11-10-19-12-23)21-18(25)22-16-4-2-3-9-20-17(16)24/h5-8,10-13,16H,2-4,9H2,1H3,(H,20,24)(H2,21,22,25)/t13-,16+/m0/s1. The van der Waals surface area contributed by atoms with E-state index in [2.05, 4.69) is 20.9 Å². The molecule has 1 aliphatic rings. The molecule has 2 heterocycles. The van der Waals surface area contributed by atoms with Gasteiger partial charge in [0, 0.05) is 24.6 Å². The van der Waals surface area contributed by atoms with Gasteiger partial charge >= 0.3 is 6.03 Å². The van der Waals surface area contributed by atoms with Crippen molar-refractivity contribution >= 4 is 11.9 Å². The van der Waals surface area contributed by atoms with Crippen molar-refractivity contribution in [3.63, 3.8) is 0 Å². The third-order valence-electron chi connectivity index (χ3n) is 4.38. The van der Waals surface area contributed by atoms with Crippen molar-refractivity contribution in [3.8, 4) is 5.69 Å². The van der Waals surface area contributed by atoms with Gasteiger partial charge in [-0.25, -0.2) is 9.78 Å². The predicted octanol–water partition coefficient (Wildman–Crippen LogP) is 1.90. The van der Waals surface area contributed by atoms with E-state index in [9.17, 15) is 9.59 Å². The van der Waals surface area contributed by atoms with Gasteiger partial charge in [0.2, 0.25) is 5.91 Å². The van der Waals surface area contributed by atoms with E-state index in [-0.39, 0.29) is 18.0 Å². The third-order valence-corrected chi connectivity index (χ3v) is 4.38. The van der Waals surface area contributed by atoms with Crippen molar-refractivity contribution < 1.29 is 9.59 Å². The number of aromatic nitrogens is 2. The van der Waals surface area contributed by atoms with Gasteiger partial charge in [0.05, 0.1) is 12.4 Å². The highest BCUT2D eigenvalue weighted by atomic mass is 16.2. The first-order valence-electron chi connectivity index (χ1n) is 8.56. The highest BCUT2D eigenvalue weighted by molar-refractivity contribution is 5.87. The Morgan fingerprint density at radius 1 is 1.32 bits per heavy atom. The van der Waals surface area contributed by atoms with Gasteiger partial charge in [-0.2, -0.15) is 0 Å². The Hall–Kier alpha value is -2.83. The minimum Gasteiger partial charge on any atom is -0.354 e. The van der Waals surface area contributed by atoms with Crippen LogP contribution in [-0.2, 0) is 4.79 Å². The summed E-state index contributed by atoms with van der Waals surface area (Å²) in [6.45, 7) is 2.59. The van der Waals surface area contributed by atoms with E-state index in [1.165, 1.54) is 0 Å². The zero-order chi connectivity index (χ0) is 17.6. The molecular formula is C18H23N5O2. The number of hydrogen-bond acceptors (Lipinski definition) is 3. The monoisotopic (exact) mass is 341 g/mol. The van der Waals surface area contributed by atoms with Crippen molar-refractivity contribution in [1.29, 1.82) is 0 Å². The smallest absolute Gasteiger partial charge is 0.315 e. The van der Waals surface area contributed by atoms with E-state index in [1.807, 2.05) is 42.0 Å². The summed E-state index contributed by atoms with van der Waals surface area (Å²) in [6, 6.07) is 6.95. The van der Waals surface area contributed by atoms with E-state index in [0.29, 0.717) is 13.0 Å². The van der Waals surface area contributed by atoms with Crippen LogP contribution in [0.1, 0.15) is 37.8 Å². The molecule has 7 heteroatoms. The van der Waals surface area contributed by atoms with Crippen LogP contribution in [0.5, 0.6) is 0 Å². The van der Waals surface area contributed by atoms with Crippen LogP contribution in [0.2, 0.25) is 0 Å². The Bertz CT molecular complexity index is 712. The van der Waals surface area contributed by atoms with Crippen LogP contribution < -0.4 is 16.0 Å². The van der Waals surface area contributed by atoms with Gasteiger partial charge in [-0.15, -0.1) is 0 Å². The average Bonchev–Trinajstić information content (AvgIpc) is 3.07. The zero-order valence-corrected chi connectivity index (χ0v) is 14.2. The fraction of sp³-hybridized carbons (Fsp3) is 0.389. The molecule has 0 spiro atoms. The summed E-state index contributed by atoms with van der Waals surface area (Å²) in [5.74, 6) is -0.106. The fourth-order valence-corrected chi connectivity index (χ4v) is 2.90. The Labute approximate surface area is 146 Å². The topological polar surface area (TPSA) is 88.0 Å². The molecule has 1 aliphatic heterocycles. The second-order valence-electron chi connectivity index (χ2n) is 6.24. The number of carbonyl (C=O) groups is 2. The number of rotatable bonds is 4. The Kier molecular flexibility index (Phi) is 5.33.